The molecule has 9 heteroatoms. The van der Waals surface area contributed by atoms with Gasteiger partial charge in [-0.2, -0.15) is 0 Å². The van der Waals surface area contributed by atoms with Gasteiger partial charge < -0.3 is 15.5 Å². The molecule has 36 heavy (non-hydrogen) atoms. The maximum Gasteiger partial charge on any atom is 0.411 e. The molecule has 0 unspecified atom stereocenters. The van der Waals surface area contributed by atoms with Crippen LogP contribution in [0.2, 0.25) is 5.02 Å². The zero-order chi connectivity index (χ0) is 25.2. The number of imidazole rings is 1. The van der Waals surface area contributed by atoms with E-state index in [2.05, 4.69) is 20.0 Å². The molecule has 184 valence electrons. The predicted octanol–water partition coefficient (Wildman–Crippen LogP) is 6.43. The molecular formula is C27H25ClFN5O2. The van der Waals surface area contributed by atoms with Crippen molar-refractivity contribution in [3.63, 3.8) is 0 Å². The number of nitrogens with one attached hydrogen (secondary N) is 2. The Morgan fingerprint density at radius 2 is 1.94 bits per heavy atom. The summed E-state index contributed by atoms with van der Waals surface area (Å²) < 4.78 is 19.2. The Kier molecular flexibility index (Phi) is 6.61. The maximum absolute atomic E-state index is 14.6. The Bertz CT molecular complexity index is 1380. The molecule has 1 aliphatic carbocycles. The summed E-state index contributed by atoms with van der Waals surface area (Å²) in [5.74, 6) is 1.11. The molecule has 1 atom stereocenters. The monoisotopic (exact) mass is 505 g/mol. The Morgan fingerprint density at radius 1 is 1.19 bits per heavy atom. The molecule has 0 aliphatic heterocycles. The van der Waals surface area contributed by atoms with Crippen molar-refractivity contribution < 1.29 is 13.9 Å². The summed E-state index contributed by atoms with van der Waals surface area (Å²) in [6.45, 7) is 0. The normalized spacial score (nSPS) is 13.9. The Morgan fingerprint density at radius 3 is 2.61 bits per heavy atom. The van der Waals surface area contributed by atoms with Crippen molar-refractivity contribution in [2.75, 3.05) is 18.2 Å². The van der Waals surface area contributed by atoms with Crippen LogP contribution in [0.5, 0.6) is 0 Å². The zero-order valence-electron chi connectivity index (χ0n) is 19.6. The number of hydrogen-bond acceptors (Lipinski definition) is 5. The third kappa shape index (κ3) is 5.04. The second-order valence-corrected chi connectivity index (χ2v) is 9.28. The van der Waals surface area contributed by atoms with Gasteiger partial charge >= 0.3 is 6.09 Å². The number of nitrogens with two attached hydrogens (primary N) is 1. The van der Waals surface area contributed by atoms with Crippen LogP contribution in [0.15, 0.2) is 60.9 Å². The molecule has 2 aromatic heterocycles. The molecule has 4 aromatic rings. The van der Waals surface area contributed by atoms with Crippen molar-refractivity contribution in [1.82, 2.24) is 15.0 Å². The van der Waals surface area contributed by atoms with Gasteiger partial charge in [-0.25, -0.2) is 14.2 Å². The number of nitrogen functional groups attached to an aromatic ring is 1. The fourth-order valence-corrected chi connectivity index (χ4v) is 4.49. The van der Waals surface area contributed by atoms with Crippen molar-refractivity contribution in [3.05, 3.63) is 83.3 Å². The molecule has 0 spiro atoms. The second-order valence-electron chi connectivity index (χ2n) is 8.88. The van der Waals surface area contributed by atoms with Crippen molar-refractivity contribution in [3.8, 4) is 22.4 Å². The third-order valence-electron chi connectivity index (χ3n) is 6.42. The SMILES string of the molecule is COC(=O)Nc1ccc(-c2c[nH]c([C@@H](Cc3ccc(-c4c(N)ccc(Cl)c4F)cn3)C3CC3)n2)cc1. The van der Waals surface area contributed by atoms with Crippen LogP contribution in [0.25, 0.3) is 22.4 Å². The van der Waals surface area contributed by atoms with E-state index in [0.29, 0.717) is 29.3 Å². The molecule has 1 amide bonds. The van der Waals surface area contributed by atoms with Gasteiger partial charge in [-0.05, 0) is 55.5 Å². The number of aromatic nitrogens is 3. The molecule has 7 nitrogen and oxygen atoms in total. The number of amides is 1. The van der Waals surface area contributed by atoms with E-state index in [1.807, 2.05) is 30.5 Å². The molecule has 5 rings (SSSR count). The largest absolute Gasteiger partial charge is 0.453 e. The van der Waals surface area contributed by atoms with Crippen molar-refractivity contribution in [1.29, 1.82) is 0 Å². The summed E-state index contributed by atoms with van der Waals surface area (Å²) in [5.41, 5.74) is 10.5. The van der Waals surface area contributed by atoms with E-state index in [1.165, 1.54) is 13.2 Å². The molecule has 1 saturated carbocycles. The number of ether oxygens (including phenoxy) is 1. The van der Waals surface area contributed by atoms with Gasteiger partial charge in [0.15, 0.2) is 5.82 Å². The number of H-pyrrole nitrogens is 1. The van der Waals surface area contributed by atoms with Gasteiger partial charge in [0.25, 0.3) is 0 Å². The first-order valence-electron chi connectivity index (χ1n) is 11.6. The van der Waals surface area contributed by atoms with Crippen LogP contribution in [-0.2, 0) is 11.2 Å². The minimum Gasteiger partial charge on any atom is -0.453 e. The van der Waals surface area contributed by atoms with Gasteiger partial charge in [0, 0.05) is 52.1 Å². The van der Waals surface area contributed by atoms with Crippen LogP contribution in [0.3, 0.4) is 0 Å². The molecule has 2 aromatic carbocycles. The standard InChI is InChI=1S/C27H25ClFN5O2/c1-36-27(35)33-18-7-4-16(5-8-18)23-14-32-26(34-23)20(15-2-3-15)12-19-9-6-17(13-31-19)24-22(30)11-10-21(28)25(24)29/h4-11,13-15,20H,2-3,12,30H2,1H3,(H,32,34)(H,33,35)/t20-/m0/s1. The first-order valence-corrected chi connectivity index (χ1v) is 12.0. The smallest absolute Gasteiger partial charge is 0.411 e. The molecule has 2 heterocycles. The number of methoxy groups -OCH3 is 1. The van der Waals surface area contributed by atoms with Crippen LogP contribution in [-0.4, -0.2) is 28.2 Å². The average Bonchev–Trinajstić information content (AvgIpc) is 3.62. The first kappa shape index (κ1) is 23.8. The summed E-state index contributed by atoms with van der Waals surface area (Å²) in [7, 11) is 1.32. The number of aromatic amines is 1. The molecule has 1 aliphatic rings. The Labute approximate surface area is 212 Å². The van der Waals surface area contributed by atoms with Crippen LogP contribution >= 0.6 is 11.6 Å². The van der Waals surface area contributed by atoms with Crippen molar-refractivity contribution >= 4 is 29.1 Å². The lowest BCUT2D eigenvalue weighted by Gasteiger charge is -2.14. The van der Waals surface area contributed by atoms with Gasteiger partial charge in [-0.3, -0.25) is 10.3 Å². The Balaban J connectivity index is 1.33. The third-order valence-corrected chi connectivity index (χ3v) is 6.71. The van der Waals surface area contributed by atoms with Gasteiger partial charge in [0.2, 0.25) is 0 Å². The van der Waals surface area contributed by atoms with E-state index in [9.17, 15) is 9.18 Å². The summed E-state index contributed by atoms with van der Waals surface area (Å²) in [4.78, 5) is 24.2. The maximum atomic E-state index is 14.6. The van der Waals surface area contributed by atoms with Gasteiger partial charge in [-0.1, -0.05) is 29.8 Å². The van der Waals surface area contributed by atoms with E-state index >= 15 is 0 Å². The summed E-state index contributed by atoms with van der Waals surface area (Å²) >= 11 is 5.94. The number of benzene rings is 2. The Hall–Kier alpha value is -3.91. The van der Waals surface area contributed by atoms with Crippen molar-refractivity contribution in [2.24, 2.45) is 5.92 Å². The highest BCUT2D eigenvalue weighted by atomic mass is 35.5. The van der Waals surface area contributed by atoms with E-state index in [-0.39, 0.29) is 16.5 Å². The predicted molar refractivity (Wildman–Crippen MR) is 138 cm³/mol. The lowest BCUT2D eigenvalue weighted by atomic mass is 9.96. The lowest BCUT2D eigenvalue weighted by molar-refractivity contribution is 0.187. The van der Waals surface area contributed by atoms with E-state index in [4.69, 9.17) is 22.3 Å². The van der Waals surface area contributed by atoms with Crippen molar-refractivity contribution in [2.45, 2.75) is 25.2 Å². The minimum absolute atomic E-state index is 0.0278. The molecule has 0 bridgehead atoms. The highest BCUT2D eigenvalue weighted by Crippen LogP contribution is 2.44. The van der Waals surface area contributed by atoms with E-state index in [0.717, 1.165) is 35.6 Å². The number of carbonyl (C=O) groups is 1. The zero-order valence-corrected chi connectivity index (χ0v) is 20.3. The molecule has 0 radical (unpaired) electrons. The summed E-state index contributed by atoms with van der Waals surface area (Å²) in [6.07, 6.45) is 6.04. The summed E-state index contributed by atoms with van der Waals surface area (Å²) in [6, 6.07) is 14.2. The molecule has 0 saturated heterocycles. The number of anilines is 2. The second kappa shape index (κ2) is 9.99. The number of hydrogen-bond donors (Lipinski definition) is 3. The number of rotatable bonds is 7. The lowest BCUT2D eigenvalue weighted by Crippen LogP contribution is -2.10. The van der Waals surface area contributed by atoms with Crippen LogP contribution in [0, 0.1) is 11.7 Å². The van der Waals surface area contributed by atoms with Crippen LogP contribution in [0.4, 0.5) is 20.6 Å². The number of nitrogens with zero attached hydrogens (tertiary/aromatic N) is 2. The summed E-state index contributed by atoms with van der Waals surface area (Å²) in [5, 5.41) is 2.66. The van der Waals surface area contributed by atoms with Crippen LogP contribution < -0.4 is 11.1 Å². The fraction of sp³-hybridized carbons (Fsp3) is 0.222. The molecule has 4 N–H and O–H groups in total. The number of halogens is 2. The number of carbonyl (C=O) groups excluding carboxylic acids is 1. The first-order chi connectivity index (χ1) is 17.4. The quantitative estimate of drug-likeness (QED) is 0.251. The van der Waals surface area contributed by atoms with Gasteiger partial charge in [0.1, 0.15) is 5.82 Å². The highest BCUT2D eigenvalue weighted by molar-refractivity contribution is 6.31. The van der Waals surface area contributed by atoms with Gasteiger partial charge in [0.05, 0.1) is 17.8 Å². The van der Waals surface area contributed by atoms with E-state index < -0.39 is 11.9 Å². The minimum atomic E-state index is -0.542. The van der Waals surface area contributed by atoms with E-state index in [1.54, 1.807) is 24.4 Å². The fourth-order valence-electron chi connectivity index (χ4n) is 4.33. The average molecular weight is 506 g/mol. The molecular weight excluding hydrogens is 481 g/mol. The topological polar surface area (TPSA) is 106 Å². The van der Waals surface area contributed by atoms with Gasteiger partial charge in [-0.15, -0.1) is 0 Å². The number of pyridine rings is 1. The van der Waals surface area contributed by atoms with Crippen LogP contribution in [0.1, 0.15) is 30.3 Å². The highest BCUT2D eigenvalue weighted by Gasteiger charge is 2.34. The molecule has 1 fully saturated rings.